The number of nitrogens with one attached hydrogen (secondary N) is 1. The SMILES string of the molecule is O=[N+]([O-])c1ccc(C2=CC=C(C3=NNCC3)C(=S)C2)cc1. The molecule has 0 spiro atoms. The lowest BCUT2D eigenvalue weighted by Crippen LogP contribution is -2.13. The van der Waals surface area contributed by atoms with E-state index in [-0.39, 0.29) is 5.69 Å². The first-order valence-electron chi connectivity index (χ1n) is 6.64. The summed E-state index contributed by atoms with van der Waals surface area (Å²) in [5.74, 6) is 0. The van der Waals surface area contributed by atoms with Gasteiger partial charge in [-0.25, -0.2) is 0 Å². The van der Waals surface area contributed by atoms with E-state index in [9.17, 15) is 10.1 Å². The first-order valence-corrected chi connectivity index (χ1v) is 7.04. The van der Waals surface area contributed by atoms with Gasteiger partial charge < -0.3 is 5.43 Å². The molecule has 106 valence electrons. The normalized spacial score (nSPS) is 17.7. The molecule has 6 heteroatoms. The van der Waals surface area contributed by atoms with Gasteiger partial charge in [-0.3, -0.25) is 10.1 Å². The van der Waals surface area contributed by atoms with Crippen molar-refractivity contribution in [2.45, 2.75) is 12.8 Å². The minimum atomic E-state index is -0.396. The third kappa shape index (κ3) is 2.75. The van der Waals surface area contributed by atoms with Crippen molar-refractivity contribution in [1.29, 1.82) is 0 Å². The topological polar surface area (TPSA) is 67.5 Å². The maximum absolute atomic E-state index is 10.7. The molecular formula is C15H13N3O2S. The Bertz CT molecular complexity index is 702. The zero-order valence-corrected chi connectivity index (χ0v) is 12.0. The van der Waals surface area contributed by atoms with E-state index in [2.05, 4.69) is 10.5 Å². The summed E-state index contributed by atoms with van der Waals surface area (Å²) in [5.41, 5.74) is 7.13. The lowest BCUT2D eigenvalue weighted by Gasteiger charge is -2.16. The van der Waals surface area contributed by atoms with E-state index in [1.807, 2.05) is 12.2 Å². The number of nitrogens with zero attached hydrogens (tertiary/aromatic N) is 2. The van der Waals surface area contributed by atoms with Gasteiger partial charge in [0.15, 0.2) is 0 Å². The Hall–Kier alpha value is -2.34. The second-order valence-electron chi connectivity index (χ2n) is 4.89. The van der Waals surface area contributed by atoms with Crippen molar-refractivity contribution in [3.8, 4) is 0 Å². The number of hydrogen-bond acceptors (Lipinski definition) is 5. The molecule has 0 fully saturated rings. The number of rotatable bonds is 3. The molecule has 1 aromatic carbocycles. The first-order chi connectivity index (χ1) is 10.1. The minimum Gasteiger partial charge on any atom is -0.309 e. The number of thiocarbonyl (C=S) groups is 1. The van der Waals surface area contributed by atoms with Crippen molar-refractivity contribution in [2.75, 3.05) is 6.54 Å². The third-order valence-corrected chi connectivity index (χ3v) is 3.91. The Morgan fingerprint density at radius 2 is 2.00 bits per heavy atom. The van der Waals surface area contributed by atoms with Crippen LogP contribution in [-0.2, 0) is 0 Å². The van der Waals surface area contributed by atoms with Gasteiger partial charge in [-0.15, -0.1) is 0 Å². The van der Waals surface area contributed by atoms with Gasteiger partial charge in [0.05, 0.1) is 10.6 Å². The molecule has 2 aliphatic rings. The molecule has 0 saturated heterocycles. The molecule has 0 radical (unpaired) electrons. The smallest absolute Gasteiger partial charge is 0.269 e. The van der Waals surface area contributed by atoms with E-state index in [0.29, 0.717) is 6.42 Å². The van der Waals surface area contributed by atoms with Crippen LogP contribution < -0.4 is 5.43 Å². The Morgan fingerprint density at radius 3 is 2.57 bits per heavy atom. The van der Waals surface area contributed by atoms with Crippen molar-refractivity contribution in [3.05, 3.63) is 57.7 Å². The van der Waals surface area contributed by atoms with Gasteiger partial charge in [-0.1, -0.05) is 24.4 Å². The van der Waals surface area contributed by atoms with Crippen molar-refractivity contribution in [2.24, 2.45) is 5.10 Å². The zero-order valence-electron chi connectivity index (χ0n) is 11.2. The highest BCUT2D eigenvalue weighted by Crippen LogP contribution is 2.28. The van der Waals surface area contributed by atoms with Crippen LogP contribution in [0.4, 0.5) is 5.69 Å². The number of hydrazone groups is 1. The fourth-order valence-electron chi connectivity index (χ4n) is 2.43. The fraction of sp³-hybridized carbons (Fsp3) is 0.200. The monoisotopic (exact) mass is 299 g/mol. The summed E-state index contributed by atoms with van der Waals surface area (Å²) in [4.78, 5) is 11.1. The number of allylic oxidation sites excluding steroid dienone is 4. The number of nitro groups is 1. The number of nitro benzene ring substituents is 1. The molecule has 21 heavy (non-hydrogen) atoms. The molecule has 0 atom stereocenters. The summed E-state index contributed by atoms with van der Waals surface area (Å²) in [5, 5.41) is 14.9. The van der Waals surface area contributed by atoms with Crippen molar-refractivity contribution in [1.82, 2.24) is 5.43 Å². The van der Waals surface area contributed by atoms with Gasteiger partial charge in [0.25, 0.3) is 5.69 Å². The predicted molar refractivity (Wildman–Crippen MR) is 86.4 cm³/mol. The molecule has 5 nitrogen and oxygen atoms in total. The minimum absolute atomic E-state index is 0.0975. The Kier molecular flexibility index (Phi) is 3.62. The number of non-ortho nitro benzene ring substituents is 1. The fourth-order valence-corrected chi connectivity index (χ4v) is 2.77. The molecule has 1 heterocycles. The van der Waals surface area contributed by atoms with Gasteiger partial charge >= 0.3 is 0 Å². The lowest BCUT2D eigenvalue weighted by molar-refractivity contribution is -0.384. The highest BCUT2D eigenvalue weighted by molar-refractivity contribution is 7.81. The highest BCUT2D eigenvalue weighted by Gasteiger charge is 2.20. The van der Waals surface area contributed by atoms with Gasteiger partial charge in [-0.2, -0.15) is 5.10 Å². The molecule has 0 unspecified atom stereocenters. The molecule has 3 rings (SSSR count). The third-order valence-electron chi connectivity index (χ3n) is 3.55. The lowest BCUT2D eigenvalue weighted by atomic mass is 9.90. The van der Waals surface area contributed by atoms with Crippen molar-refractivity contribution in [3.63, 3.8) is 0 Å². The molecule has 1 aliphatic carbocycles. The van der Waals surface area contributed by atoms with Crippen LogP contribution >= 0.6 is 12.2 Å². The van der Waals surface area contributed by atoms with E-state index in [1.165, 1.54) is 12.1 Å². The molecule has 0 amide bonds. The van der Waals surface area contributed by atoms with Gasteiger partial charge in [-0.05, 0) is 23.3 Å². The van der Waals surface area contributed by atoms with E-state index in [4.69, 9.17) is 12.2 Å². The summed E-state index contributed by atoms with van der Waals surface area (Å²) in [6, 6.07) is 6.56. The molecule has 0 bridgehead atoms. The zero-order chi connectivity index (χ0) is 14.8. The van der Waals surface area contributed by atoms with Crippen molar-refractivity contribution < 1.29 is 4.92 Å². The van der Waals surface area contributed by atoms with Crippen LogP contribution in [0.15, 0.2) is 47.1 Å². The summed E-state index contributed by atoms with van der Waals surface area (Å²) in [6.45, 7) is 0.855. The molecule has 1 aromatic rings. The predicted octanol–water partition coefficient (Wildman–Crippen LogP) is 3.03. The Labute approximate surface area is 127 Å². The van der Waals surface area contributed by atoms with Crippen LogP contribution in [0.3, 0.4) is 0 Å². The Morgan fingerprint density at radius 1 is 1.24 bits per heavy atom. The van der Waals surface area contributed by atoms with Crippen LogP contribution in [-0.4, -0.2) is 22.0 Å². The van der Waals surface area contributed by atoms with E-state index in [1.54, 1.807) is 12.1 Å². The molecule has 0 aromatic heterocycles. The average molecular weight is 299 g/mol. The second-order valence-corrected chi connectivity index (χ2v) is 5.39. The van der Waals surface area contributed by atoms with Gasteiger partial charge in [0.2, 0.25) is 0 Å². The largest absolute Gasteiger partial charge is 0.309 e. The number of benzene rings is 1. The summed E-state index contributed by atoms with van der Waals surface area (Å²) in [6.07, 6.45) is 5.58. The summed E-state index contributed by atoms with van der Waals surface area (Å²) in [7, 11) is 0. The molecule has 1 N–H and O–H groups in total. The highest BCUT2D eigenvalue weighted by atomic mass is 32.1. The van der Waals surface area contributed by atoms with E-state index >= 15 is 0 Å². The quantitative estimate of drug-likeness (QED) is 0.529. The second kappa shape index (κ2) is 5.57. The van der Waals surface area contributed by atoms with Crippen LogP contribution in [0.1, 0.15) is 18.4 Å². The summed E-state index contributed by atoms with van der Waals surface area (Å²) >= 11 is 5.48. The average Bonchev–Trinajstić information content (AvgIpc) is 3.01. The van der Waals surface area contributed by atoms with Crippen LogP contribution in [0.5, 0.6) is 0 Å². The van der Waals surface area contributed by atoms with Gasteiger partial charge in [0, 0.05) is 42.0 Å². The summed E-state index contributed by atoms with van der Waals surface area (Å²) < 4.78 is 0. The molecule has 0 saturated carbocycles. The molecular weight excluding hydrogens is 286 g/mol. The number of hydrogen-bond donors (Lipinski definition) is 1. The van der Waals surface area contributed by atoms with E-state index < -0.39 is 4.92 Å². The maximum Gasteiger partial charge on any atom is 0.269 e. The standard InChI is InChI=1S/C15H13N3O2S/c19-18(20)12-4-1-10(2-5-12)11-3-6-13(15(21)9-11)14-7-8-16-17-14/h1-6,16H,7-9H2. The van der Waals surface area contributed by atoms with Crippen LogP contribution in [0.25, 0.3) is 5.57 Å². The maximum atomic E-state index is 10.7. The van der Waals surface area contributed by atoms with Crippen molar-refractivity contribution >= 4 is 34.1 Å². The Balaban J connectivity index is 1.87. The van der Waals surface area contributed by atoms with Crippen LogP contribution in [0, 0.1) is 10.1 Å². The molecule has 1 aliphatic heterocycles. The van der Waals surface area contributed by atoms with Crippen LogP contribution in [0.2, 0.25) is 0 Å². The van der Waals surface area contributed by atoms with Gasteiger partial charge in [0.1, 0.15) is 0 Å². The van der Waals surface area contributed by atoms with E-state index in [0.717, 1.165) is 40.3 Å². The first kappa shape index (κ1) is 13.6.